The molecule has 0 amide bonds. The summed E-state index contributed by atoms with van der Waals surface area (Å²) in [5.41, 5.74) is 1.33. The van der Waals surface area contributed by atoms with E-state index >= 15 is 0 Å². The Labute approximate surface area is 61.1 Å². The van der Waals surface area contributed by atoms with E-state index in [1.54, 1.807) is 0 Å². The number of ketones is 1. The number of rotatable bonds is 0. The Morgan fingerprint density at radius 3 is 2.80 bits per heavy atom. The van der Waals surface area contributed by atoms with Crippen LogP contribution in [-0.4, -0.2) is 5.78 Å². The van der Waals surface area contributed by atoms with Crippen LogP contribution in [0.15, 0.2) is 11.6 Å². The fourth-order valence-electron chi connectivity index (χ4n) is 2.28. The minimum Gasteiger partial charge on any atom is -0.295 e. The third-order valence-corrected chi connectivity index (χ3v) is 2.84. The number of fused-ring (bicyclic) bond motifs is 1. The highest BCUT2D eigenvalue weighted by Gasteiger charge is 2.37. The van der Waals surface area contributed by atoms with Crippen molar-refractivity contribution in [2.75, 3.05) is 0 Å². The number of hydrogen-bond acceptors (Lipinski definition) is 1. The van der Waals surface area contributed by atoms with E-state index in [-0.39, 0.29) is 0 Å². The normalized spacial score (nSPS) is 38.1. The lowest BCUT2D eigenvalue weighted by Gasteiger charge is -2.07. The average Bonchev–Trinajstić information content (AvgIpc) is 2.39. The molecule has 2 aliphatic rings. The first-order valence-electron chi connectivity index (χ1n) is 4.01. The molecule has 10 heavy (non-hydrogen) atoms. The SMILES string of the molecule is CC1=CC(=O)[C@H]2CCC[C@@H]12. The molecule has 0 unspecified atom stereocenters. The van der Waals surface area contributed by atoms with Crippen LogP contribution in [-0.2, 0) is 4.79 Å². The second-order valence-corrected chi connectivity index (χ2v) is 3.43. The van der Waals surface area contributed by atoms with Gasteiger partial charge in [-0.1, -0.05) is 12.0 Å². The average molecular weight is 136 g/mol. The van der Waals surface area contributed by atoms with Crippen LogP contribution in [0.4, 0.5) is 0 Å². The van der Waals surface area contributed by atoms with Crippen LogP contribution in [0.25, 0.3) is 0 Å². The quantitative estimate of drug-likeness (QED) is 0.497. The van der Waals surface area contributed by atoms with Gasteiger partial charge in [0.05, 0.1) is 0 Å². The number of carbonyl (C=O) groups excluding carboxylic acids is 1. The van der Waals surface area contributed by atoms with E-state index in [1.165, 1.54) is 18.4 Å². The maximum absolute atomic E-state index is 11.2. The van der Waals surface area contributed by atoms with E-state index in [0.717, 1.165) is 6.42 Å². The van der Waals surface area contributed by atoms with Gasteiger partial charge in [0.2, 0.25) is 0 Å². The van der Waals surface area contributed by atoms with Crippen molar-refractivity contribution < 1.29 is 4.79 Å². The number of carbonyl (C=O) groups is 1. The van der Waals surface area contributed by atoms with Crippen molar-refractivity contribution in [1.82, 2.24) is 0 Å². The third kappa shape index (κ3) is 0.664. The highest BCUT2D eigenvalue weighted by molar-refractivity contribution is 5.95. The topological polar surface area (TPSA) is 17.1 Å². The summed E-state index contributed by atoms with van der Waals surface area (Å²) >= 11 is 0. The highest BCUT2D eigenvalue weighted by atomic mass is 16.1. The molecule has 0 N–H and O–H groups in total. The van der Waals surface area contributed by atoms with Gasteiger partial charge in [0.1, 0.15) is 0 Å². The predicted octanol–water partition coefficient (Wildman–Crippen LogP) is 1.93. The van der Waals surface area contributed by atoms with Gasteiger partial charge in [-0.15, -0.1) is 0 Å². The molecule has 54 valence electrons. The second-order valence-electron chi connectivity index (χ2n) is 3.43. The van der Waals surface area contributed by atoms with Crippen molar-refractivity contribution in [3.63, 3.8) is 0 Å². The molecule has 1 heteroatoms. The predicted molar refractivity (Wildman–Crippen MR) is 39.6 cm³/mol. The van der Waals surface area contributed by atoms with Gasteiger partial charge in [0.25, 0.3) is 0 Å². The second kappa shape index (κ2) is 1.94. The first-order valence-corrected chi connectivity index (χ1v) is 4.01. The maximum atomic E-state index is 11.2. The monoisotopic (exact) mass is 136 g/mol. The molecule has 0 aromatic carbocycles. The minimum atomic E-state index is 0.389. The molecule has 0 radical (unpaired) electrons. The summed E-state index contributed by atoms with van der Waals surface area (Å²) in [5.74, 6) is 1.41. The van der Waals surface area contributed by atoms with Crippen molar-refractivity contribution in [2.45, 2.75) is 26.2 Å². The zero-order chi connectivity index (χ0) is 7.14. The molecule has 0 aliphatic heterocycles. The lowest BCUT2D eigenvalue weighted by molar-refractivity contribution is -0.117. The largest absolute Gasteiger partial charge is 0.295 e. The van der Waals surface area contributed by atoms with E-state index in [2.05, 4.69) is 6.92 Å². The standard InChI is InChI=1S/C9H12O/c1-6-5-9(10)8-4-2-3-7(6)8/h5,7-8H,2-4H2,1H3/t7-,8-/m0/s1. The molecular weight excluding hydrogens is 124 g/mol. The summed E-state index contributed by atoms with van der Waals surface area (Å²) in [6.07, 6.45) is 5.48. The lowest BCUT2D eigenvalue weighted by Crippen LogP contribution is -2.09. The van der Waals surface area contributed by atoms with Crippen LogP contribution in [0.1, 0.15) is 26.2 Å². The fraction of sp³-hybridized carbons (Fsp3) is 0.667. The molecule has 0 aromatic rings. The summed E-state index contributed by atoms with van der Waals surface area (Å²) < 4.78 is 0. The van der Waals surface area contributed by atoms with Gasteiger partial charge in [-0.3, -0.25) is 4.79 Å². The molecule has 1 nitrogen and oxygen atoms in total. The molecule has 2 atom stereocenters. The van der Waals surface area contributed by atoms with Crippen molar-refractivity contribution in [3.05, 3.63) is 11.6 Å². The molecule has 0 saturated heterocycles. The van der Waals surface area contributed by atoms with Crippen molar-refractivity contribution >= 4 is 5.78 Å². The van der Waals surface area contributed by atoms with Crippen LogP contribution in [0, 0.1) is 11.8 Å². The Balaban J connectivity index is 2.29. The molecule has 0 heterocycles. The third-order valence-electron chi connectivity index (χ3n) is 2.84. The molecule has 2 aliphatic carbocycles. The van der Waals surface area contributed by atoms with Gasteiger partial charge in [0.15, 0.2) is 5.78 Å². The Hall–Kier alpha value is -0.590. The fourth-order valence-corrected chi connectivity index (χ4v) is 2.28. The van der Waals surface area contributed by atoms with Gasteiger partial charge in [-0.05, 0) is 31.8 Å². The van der Waals surface area contributed by atoms with Gasteiger partial charge in [-0.2, -0.15) is 0 Å². The zero-order valence-electron chi connectivity index (χ0n) is 6.26. The molecule has 0 bridgehead atoms. The Bertz CT molecular complexity index is 203. The lowest BCUT2D eigenvalue weighted by atomic mass is 9.95. The summed E-state index contributed by atoms with van der Waals surface area (Å²) in [6.45, 7) is 2.09. The van der Waals surface area contributed by atoms with Gasteiger partial charge in [-0.25, -0.2) is 0 Å². The van der Waals surface area contributed by atoms with E-state index in [0.29, 0.717) is 17.6 Å². The first kappa shape index (κ1) is 6.14. The molecule has 0 spiro atoms. The van der Waals surface area contributed by atoms with Crippen LogP contribution in [0.3, 0.4) is 0 Å². The van der Waals surface area contributed by atoms with E-state index in [9.17, 15) is 4.79 Å². The minimum absolute atomic E-state index is 0.389. The van der Waals surface area contributed by atoms with Crippen molar-refractivity contribution in [2.24, 2.45) is 11.8 Å². The van der Waals surface area contributed by atoms with Crippen LogP contribution in [0.2, 0.25) is 0 Å². The number of allylic oxidation sites excluding steroid dienone is 2. The van der Waals surface area contributed by atoms with E-state index in [1.807, 2.05) is 6.08 Å². The van der Waals surface area contributed by atoms with Crippen LogP contribution in [0.5, 0.6) is 0 Å². The highest BCUT2D eigenvalue weighted by Crippen LogP contribution is 2.41. The van der Waals surface area contributed by atoms with Crippen molar-refractivity contribution in [1.29, 1.82) is 0 Å². The van der Waals surface area contributed by atoms with Gasteiger partial charge < -0.3 is 0 Å². The summed E-state index contributed by atoms with van der Waals surface area (Å²) in [6, 6.07) is 0. The first-order chi connectivity index (χ1) is 4.79. The summed E-state index contributed by atoms with van der Waals surface area (Å²) in [4.78, 5) is 11.2. The van der Waals surface area contributed by atoms with Gasteiger partial charge >= 0.3 is 0 Å². The Morgan fingerprint density at radius 1 is 1.40 bits per heavy atom. The molecule has 1 fully saturated rings. The Kier molecular flexibility index (Phi) is 1.19. The zero-order valence-corrected chi connectivity index (χ0v) is 6.26. The number of hydrogen-bond donors (Lipinski definition) is 0. The maximum Gasteiger partial charge on any atom is 0.159 e. The van der Waals surface area contributed by atoms with E-state index < -0.39 is 0 Å². The van der Waals surface area contributed by atoms with Gasteiger partial charge in [0, 0.05) is 5.92 Å². The molecule has 1 saturated carbocycles. The summed E-state index contributed by atoms with van der Waals surface area (Å²) in [7, 11) is 0. The molecule has 2 rings (SSSR count). The van der Waals surface area contributed by atoms with Crippen LogP contribution < -0.4 is 0 Å². The van der Waals surface area contributed by atoms with E-state index in [4.69, 9.17) is 0 Å². The smallest absolute Gasteiger partial charge is 0.159 e. The Morgan fingerprint density at radius 2 is 2.10 bits per heavy atom. The molecular formula is C9H12O. The van der Waals surface area contributed by atoms with Crippen LogP contribution >= 0.6 is 0 Å². The molecule has 0 aromatic heterocycles. The summed E-state index contributed by atoms with van der Waals surface area (Å²) in [5, 5.41) is 0. The van der Waals surface area contributed by atoms with Crippen molar-refractivity contribution in [3.8, 4) is 0 Å².